The third-order valence-corrected chi connectivity index (χ3v) is 3.20. The summed E-state index contributed by atoms with van der Waals surface area (Å²) in [6.45, 7) is -0.602. The second kappa shape index (κ2) is 10.8. The van der Waals surface area contributed by atoms with Crippen LogP contribution in [0, 0.1) is 0 Å². The molecule has 0 fully saturated rings. The normalized spacial score (nSPS) is 17.9. The molecule has 0 saturated carbocycles. The Hall–Kier alpha value is 0.157. The molecule has 116 valence electrons. The van der Waals surface area contributed by atoms with Crippen molar-refractivity contribution in [2.45, 2.75) is 50.4 Å². The molecule has 0 radical (unpaired) electrons. The van der Waals surface area contributed by atoms with E-state index >= 15 is 0 Å². The average molecular weight is 318 g/mol. The first-order valence-electron chi connectivity index (χ1n) is 5.75. The molecule has 0 N–H and O–H groups in total. The molecule has 0 aromatic carbocycles. The van der Waals surface area contributed by atoms with Gasteiger partial charge in [-0.05, 0) is 12.8 Å². The van der Waals surface area contributed by atoms with Gasteiger partial charge in [0, 0.05) is 0 Å². The molecule has 3 nitrogen and oxygen atoms in total. The summed E-state index contributed by atoms with van der Waals surface area (Å²) in [5.74, 6) is -1.73. The van der Waals surface area contributed by atoms with Crippen molar-refractivity contribution in [2.24, 2.45) is 0 Å². The summed E-state index contributed by atoms with van der Waals surface area (Å²) in [7, 11) is -5.05. The molecule has 4 atom stereocenters. The van der Waals surface area contributed by atoms with Crippen molar-refractivity contribution >= 4 is 10.1 Å². The van der Waals surface area contributed by atoms with Gasteiger partial charge in [-0.3, -0.25) is 4.39 Å². The van der Waals surface area contributed by atoms with E-state index in [1.54, 1.807) is 0 Å². The van der Waals surface area contributed by atoms with Crippen LogP contribution in [0.15, 0.2) is 0 Å². The van der Waals surface area contributed by atoms with Crippen LogP contribution >= 0.6 is 0 Å². The minimum atomic E-state index is -5.05. The second-order valence-electron chi connectivity index (χ2n) is 4.18. The molecule has 0 rings (SSSR count). The van der Waals surface area contributed by atoms with Crippen LogP contribution < -0.4 is 18.9 Å². The minimum Gasteiger partial charge on any atom is -0.748 e. The largest absolute Gasteiger partial charge is 1.00 e. The zero-order valence-electron chi connectivity index (χ0n) is 11.1. The van der Waals surface area contributed by atoms with Crippen molar-refractivity contribution in [3.05, 3.63) is 0 Å². The first-order valence-corrected chi connectivity index (χ1v) is 7.32. The van der Waals surface area contributed by atoms with Crippen LogP contribution in [0.25, 0.3) is 0 Å². The van der Waals surface area contributed by atoms with Crippen LogP contribution in [0.3, 0.4) is 0 Å². The molecule has 0 aliphatic heterocycles. The molecule has 0 saturated heterocycles. The van der Waals surface area contributed by atoms with Crippen molar-refractivity contribution in [3.8, 4) is 0 Å². The number of hydrogen-bond acceptors (Lipinski definition) is 3. The summed E-state index contributed by atoms with van der Waals surface area (Å²) in [6.07, 6.45) is -10.9. The predicted molar refractivity (Wildman–Crippen MR) is 58.6 cm³/mol. The zero-order chi connectivity index (χ0) is 15.1. The predicted octanol–water partition coefficient (Wildman–Crippen LogP) is -0.582. The van der Waals surface area contributed by atoms with Crippen molar-refractivity contribution in [3.63, 3.8) is 0 Å². The van der Waals surface area contributed by atoms with Crippen molar-refractivity contribution in [1.29, 1.82) is 0 Å². The quantitative estimate of drug-likeness (QED) is 0.234. The van der Waals surface area contributed by atoms with Gasteiger partial charge >= 0.3 is 18.9 Å². The Kier molecular flexibility index (Phi) is 12.1. The van der Waals surface area contributed by atoms with Gasteiger partial charge in [0.2, 0.25) is 0 Å². The van der Waals surface area contributed by atoms with E-state index in [-0.39, 0.29) is 38.1 Å². The summed E-state index contributed by atoms with van der Waals surface area (Å²) < 4.78 is 94.6. The van der Waals surface area contributed by atoms with Crippen LogP contribution in [0.5, 0.6) is 0 Å². The second-order valence-corrected chi connectivity index (χ2v) is 5.63. The topological polar surface area (TPSA) is 57.2 Å². The maximum atomic E-state index is 13.2. The summed E-state index contributed by atoms with van der Waals surface area (Å²) in [4.78, 5) is 0. The summed E-state index contributed by atoms with van der Waals surface area (Å²) in [5.41, 5.74) is 0. The molecule has 0 amide bonds. The molecule has 4 unspecified atom stereocenters. The van der Waals surface area contributed by atoms with Crippen LogP contribution in [-0.4, -0.2) is 50.1 Å². The van der Waals surface area contributed by atoms with Gasteiger partial charge in [0.15, 0.2) is 12.3 Å². The van der Waals surface area contributed by atoms with Gasteiger partial charge in [-0.2, -0.15) is 0 Å². The van der Waals surface area contributed by atoms with E-state index in [9.17, 15) is 34.9 Å². The fourth-order valence-corrected chi connectivity index (χ4v) is 2.03. The maximum absolute atomic E-state index is 13.2. The molecular weight excluding hydrogens is 302 g/mol. The van der Waals surface area contributed by atoms with Crippen molar-refractivity contribution in [2.75, 3.05) is 12.4 Å². The average Bonchev–Trinajstić information content (AvgIpc) is 2.30. The first-order chi connectivity index (χ1) is 8.69. The zero-order valence-corrected chi connectivity index (χ0v) is 11.9. The molecule has 0 aromatic heterocycles. The minimum absolute atomic E-state index is 0. The Morgan fingerprint density at radius 2 is 1.40 bits per heavy atom. The van der Waals surface area contributed by atoms with Crippen molar-refractivity contribution < 1.29 is 53.8 Å². The fraction of sp³-hybridized carbons (Fsp3) is 1.00. The Morgan fingerprint density at radius 1 is 0.900 bits per heavy atom. The molecule has 0 aliphatic rings. The smallest absolute Gasteiger partial charge is 0.748 e. The standard InChI is InChI=1S/C10H17F5O3S.Li/c11-5-3-1-2-4-7(12)9(14)10(15)8(13)6-19(16,17)18;/h7-10H,1-6H2,(H,16,17,18);/q;+1/p-1. The van der Waals surface area contributed by atoms with E-state index in [2.05, 4.69) is 0 Å². The van der Waals surface area contributed by atoms with Gasteiger partial charge in [-0.1, -0.05) is 12.8 Å². The van der Waals surface area contributed by atoms with E-state index in [1.807, 2.05) is 0 Å². The summed E-state index contributed by atoms with van der Waals surface area (Å²) in [5, 5.41) is 0. The molecule has 0 spiro atoms. The summed E-state index contributed by atoms with van der Waals surface area (Å²) >= 11 is 0. The van der Waals surface area contributed by atoms with E-state index in [0.29, 0.717) is 0 Å². The summed E-state index contributed by atoms with van der Waals surface area (Å²) in [6, 6.07) is 0. The van der Waals surface area contributed by atoms with E-state index < -0.39 is 53.7 Å². The number of hydrogen-bond donors (Lipinski definition) is 0. The molecule has 10 heteroatoms. The van der Waals surface area contributed by atoms with Crippen LogP contribution in [0.2, 0.25) is 0 Å². The third-order valence-electron chi connectivity index (χ3n) is 2.47. The van der Waals surface area contributed by atoms with Gasteiger partial charge in [-0.15, -0.1) is 0 Å². The Bertz CT molecular complexity index is 344. The first kappa shape index (κ1) is 22.4. The van der Waals surface area contributed by atoms with Gasteiger partial charge in [-0.25, -0.2) is 26.0 Å². The molecule has 20 heavy (non-hydrogen) atoms. The number of alkyl halides is 5. The van der Waals surface area contributed by atoms with Crippen LogP contribution in [0.1, 0.15) is 25.7 Å². The van der Waals surface area contributed by atoms with Crippen molar-refractivity contribution in [1.82, 2.24) is 0 Å². The number of unbranched alkanes of at least 4 members (excludes halogenated alkanes) is 2. The number of halogens is 5. The van der Waals surface area contributed by atoms with Crippen LogP contribution in [-0.2, 0) is 10.1 Å². The van der Waals surface area contributed by atoms with Crippen LogP contribution in [0.4, 0.5) is 22.0 Å². The van der Waals surface area contributed by atoms with E-state index in [0.717, 1.165) is 0 Å². The van der Waals surface area contributed by atoms with Gasteiger partial charge in [0.1, 0.15) is 12.3 Å². The van der Waals surface area contributed by atoms with E-state index in [1.165, 1.54) is 0 Å². The Labute approximate surface area is 127 Å². The molecule has 0 aromatic rings. The van der Waals surface area contributed by atoms with Gasteiger partial charge < -0.3 is 4.55 Å². The number of rotatable bonds is 10. The molecule has 0 bridgehead atoms. The molecular formula is C10H16F5LiO3S. The monoisotopic (exact) mass is 318 g/mol. The van der Waals surface area contributed by atoms with Gasteiger partial charge in [0.25, 0.3) is 0 Å². The van der Waals surface area contributed by atoms with Gasteiger partial charge in [0.05, 0.1) is 22.5 Å². The third kappa shape index (κ3) is 9.97. The molecule has 0 heterocycles. The Balaban J connectivity index is 0. The molecule has 0 aliphatic carbocycles. The Morgan fingerprint density at radius 3 is 1.85 bits per heavy atom. The SMILES string of the molecule is O=S(=O)([O-])CC(F)C(F)C(F)C(F)CCCCCF.[Li+]. The fourth-order valence-electron chi connectivity index (χ4n) is 1.46. The van der Waals surface area contributed by atoms with E-state index in [4.69, 9.17) is 0 Å². The maximum Gasteiger partial charge on any atom is 1.00 e.